The number of hydrogen-bond acceptors (Lipinski definition) is 7. The molecule has 3 rings (SSSR count). The highest BCUT2D eigenvalue weighted by atomic mass is 32.2. The molecule has 0 radical (unpaired) electrons. The first-order chi connectivity index (χ1) is 15.0. The van der Waals surface area contributed by atoms with Crippen LogP contribution in [0.25, 0.3) is 0 Å². The van der Waals surface area contributed by atoms with Gasteiger partial charge in [0.25, 0.3) is 10.2 Å². The third-order valence-corrected chi connectivity index (χ3v) is 9.99. The van der Waals surface area contributed by atoms with E-state index < -0.39 is 20.2 Å². The molecule has 1 aliphatic carbocycles. The third-order valence-electron chi connectivity index (χ3n) is 6.24. The molecule has 0 atom stereocenters. The van der Waals surface area contributed by atoms with Crippen molar-refractivity contribution in [3.05, 3.63) is 11.5 Å². The van der Waals surface area contributed by atoms with E-state index in [9.17, 15) is 21.6 Å². The van der Waals surface area contributed by atoms with Crippen molar-refractivity contribution >= 4 is 26.1 Å². The molecule has 2 heterocycles. The molecule has 1 amide bonds. The molecule has 0 unspecified atom stereocenters. The molecule has 1 N–H and O–H groups in total. The lowest BCUT2D eigenvalue weighted by Gasteiger charge is -2.38. The molecule has 0 aromatic carbocycles. The van der Waals surface area contributed by atoms with Gasteiger partial charge in [0.1, 0.15) is 10.6 Å². The number of hydrogen-bond donors (Lipinski definition) is 1. The molecule has 1 saturated carbocycles. The predicted molar refractivity (Wildman–Crippen MR) is 117 cm³/mol. The van der Waals surface area contributed by atoms with Crippen molar-refractivity contribution in [3.8, 4) is 0 Å². The molecule has 1 aliphatic heterocycles. The molecule has 0 spiro atoms. The Labute approximate surface area is 190 Å². The van der Waals surface area contributed by atoms with Gasteiger partial charge < -0.3 is 9.42 Å². The first-order valence-corrected chi connectivity index (χ1v) is 13.9. The third kappa shape index (κ3) is 5.50. The van der Waals surface area contributed by atoms with E-state index in [0.717, 1.165) is 32.1 Å². The summed E-state index contributed by atoms with van der Waals surface area (Å²) in [4.78, 5) is 14.1. The maximum atomic E-state index is 13.0. The molecular weight excluding hydrogens is 458 g/mol. The minimum Gasteiger partial charge on any atom is -0.360 e. The molecule has 32 heavy (non-hydrogen) atoms. The van der Waals surface area contributed by atoms with Crippen LogP contribution in [0.1, 0.15) is 50.0 Å². The number of piperazine rings is 1. The second-order valence-corrected chi connectivity index (χ2v) is 12.1. The zero-order valence-electron chi connectivity index (χ0n) is 18.9. The summed E-state index contributed by atoms with van der Waals surface area (Å²) in [7, 11) is -5.73. The molecular formula is C19H33N5O6S2. The van der Waals surface area contributed by atoms with E-state index in [2.05, 4.69) is 9.88 Å². The van der Waals surface area contributed by atoms with Gasteiger partial charge in [-0.2, -0.15) is 17.0 Å². The Morgan fingerprint density at radius 1 is 1.09 bits per heavy atom. The largest absolute Gasteiger partial charge is 0.360 e. The van der Waals surface area contributed by atoms with Crippen LogP contribution in [0.2, 0.25) is 0 Å². The van der Waals surface area contributed by atoms with E-state index >= 15 is 0 Å². The van der Waals surface area contributed by atoms with Crippen LogP contribution in [-0.4, -0.2) is 87.2 Å². The van der Waals surface area contributed by atoms with Crippen molar-refractivity contribution in [3.63, 3.8) is 0 Å². The van der Waals surface area contributed by atoms with Crippen LogP contribution in [0.5, 0.6) is 0 Å². The van der Waals surface area contributed by atoms with Gasteiger partial charge in [-0.1, -0.05) is 24.4 Å². The average Bonchev–Trinajstić information content (AvgIpc) is 3.12. The minimum absolute atomic E-state index is 0.00847. The smallest absolute Gasteiger partial charge is 0.282 e. The Kier molecular flexibility index (Phi) is 7.97. The fraction of sp³-hybridized carbons (Fsp3) is 0.789. The van der Waals surface area contributed by atoms with Crippen molar-refractivity contribution in [2.24, 2.45) is 0 Å². The highest BCUT2D eigenvalue weighted by Gasteiger charge is 2.35. The Bertz CT molecular complexity index is 989. The summed E-state index contributed by atoms with van der Waals surface area (Å²) in [6, 6.07) is 0.0409. The van der Waals surface area contributed by atoms with Gasteiger partial charge in [-0.05, 0) is 26.7 Å². The van der Waals surface area contributed by atoms with Gasteiger partial charge in [0.05, 0.1) is 0 Å². The predicted octanol–water partition coefficient (Wildman–Crippen LogP) is 0.613. The van der Waals surface area contributed by atoms with Crippen molar-refractivity contribution in [2.75, 3.05) is 39.8 Å². The van der Waals surface area contributed by atoms with E-state index in [1.807, 2.05) is 0 Å². The van der Waals surface area contributed by atoms with Gasteiger partial charge in [-0.15, -0.1) is 0 Å². The van der Waals surface area contributed by atoms with Crippen LogP contribution in [0, 0.1) is 13.8 Å². The van der Waals surface area contributed by atoms with E-state index in [1.54, 1.807) is 11.9 Å². The number of amides is 1. The molecule has 1 saturated heterocycles. The van der Waals surface area contributed by atoms with E-state index in [4.69, 9.17) is 4.52 Å². The average molecular weight is 492 g/mol. The number of aromatic nitrogens is 1. The molecule has 11 nitrogen and oxygen atoms in total. The second-order valence-electron chi connectivity index (χ2n) is 8.40. The quantitative estimate of drug-likeness (QED) is 0.563. The van der Waals surface area contributed by atoms with Gasteiger partial charge >= 0.3 is 0 Å². The Hall–Kier alpha value is -1.54. The Morgan fingerprint density at radius 2 is 1.72 bits per heavy atom. The SMILES string of the molecule is Cc1noc(C)c1S(=O)(=O)NCCC(=O)N1CCN(S(=O)(=O)N(C)C2CCCCC2)CC1. The number of nitrogens with one attached hydrogen (secondary N) is 1. The number of carbonyl (C=O) groups is 1. The second kappa shape index (κ2) is 10.2. The van der Waals surface area contributed by atoms with E-state index in [0.29, 0.717) is 0 Å². The van der Waals surface area contributed by atoms with Gasteiger partial charge in [0.2, 0.25) is 15.9 Å². The van der Waals surface area contributed by atoms with Gasteiger partial charge in [0.15, 0.2) is 5.76 Å². The van der Waals surface area contributed by atoms with Crippen LogP contribution < -0.4 is 4.72 Å². The van der Waals surface area contributed by atoms with Gasteiger partial charge in [0, 0.05) is 52.2 Å². The fourth-order valence-corrected chi connectivity index (χ4v) is 7.30. The first kappa shape index (κ1) is 25.1. The van der Waals surface area contributed by atoms with Gasteiger partial charge in [-0.3, -0.25) is 4.79 Å². The lowest BCUT2D eigenvalue weighted by molar-refractivity contribution is -0.132. The highest BCUT2D eigenvalue weighted by molar-refractivity contribution is 7.89. The van der Waals surface area contributed by atoms with Crippen molar-refractivity contribution in [1.29, 1.82) is 0 Å². The maximum Gasteiger partial charge on any atom is 0.282 e. The number of aryl methyl sites for hydroxylation is 2. The summed E-state index contributed by atoms with van der Waals surface area (Å²) >= 11 is 0. The number of rotatable bonds is 8. The lowest BCUT2D eigenvalue weighted by atomic mass is 9.96. The van der Waals surface area contributed by atoms with Crippen LogP contribution >= 0.6 is 0 Å². The normalized spacial score (nSPS) is 19.6. The molecule has 13 heteroatoms. The van der Waals surface area contributed by atoms with Crippen molar-refractivity contribution < 1.29 is 26.2 Å². The van der Waals surface area contributed by atoms with Crippen molar-refractivity contribution in [1.82, 2.24) is 23.4 Å². The lowest BCUT2D eigenvalue weighted by Crippen LogP contribution is -2.55. The zero-order valence-corrected chi connectivity index (χ0v) is 20.5. The molecule has 2 fully saturated rings. The molecule has 182 valence electrons. The molecule has 0 bridgehead atoms. The molecule has 1 aromatic rings. The summed E-state index contributed by atoms with van der Waals surface area (Å²) in [5.74, 6) is -0.0269. The monoisotopic (exact) mass is 491 g/mol. The summed E-state index contributed by atoms with van der Waals surface area (Å²) < 4.78 is 61.0. The van der Waals surface area contributed by atoms with E-state index in [1.165, 1.54) is 22.5 Å². The molecule has 1 aromatic heterocycles. The highest BCUT2D eigenvalue weighted by Crippen LogP contribution is 2.25. The Balaban J connectivity index is 1.48. The number of carbonyl (C=O) groups excluding carboxylic acids is 1. The summed E-state index contributed by atoms with van der Waals surface area (Å²) in [5.41, 5.74) is 0.261. The minimum atomic E-state index is -3.82. The summed E-state index contributed by atoms with van der Waals surface area (Å²) in [6.45, 7) is 4.02. The summed E-state index contributed by atoms with van der Waals surface area (Å²) in [5, 5.41) is 3.64. The van der Waals surface area contributed by atoms with E-state index in [-0.39, 0.29) is 67.4 Å². The first-order valence-electron chi connectivity index (χ1n) is 11.0. The number of nitrogens with zero attached hydrogens (tertiary/aromatic N) is 4. The molecule has 2 aliphatic rings. The summed E-state index contributed by atoms with van der Waals surface area (Å²) in [6.07, 6.45) is 5.01. The Morgan fingerprint density at radius 3 is 2.28 bits per heavy atom. The maximum absolute atomic E-state index is 13.0. The number of sulfonamides is 1. The topological polar surface area (TPSA) is 133 Å². The van der Waals surface area contributed by atoms with Gasteiger partial charge in [-0.25, -0.2) is 13.1 Å². The zero-order chi connectivity index (χ0) is 23.5. The van der Waals surface area contributed by atoms with Crippen LogP contribution in [0.3, 0.4) is 0 Å². The fourth-order valence-electron chi connectivity index (χ4n) is 4.36. The van der Waals surface area contributed by atoms with Crippen LogP contribution in [-0.2, 0) is 25.0 Å². The van der Waals surface area contributed by atoms with Crippen LogP contribution in [0.4, 0.5) is 0 Å². The van der Waals surface area contributed by atoms with Crippen LogP contribution in [0.15, 0.2) is 9.42 Å². The standard InChI is InChI=1S/C19H33N5O6S2/c1-15-19(16(2)30-21-15)31(26,27)20-10-9-18(25)23-11-13-24(14-12-23)32(28,29)22(3)17-7-5-4-6-8-17/h17,20H,4-14H2,1-3H3. The van der Waals surface area contributed by atoms with Crippen molar-refractivity contribution in [2.45, 2.75) is 63.3 Å².